The molecule has 0 radical (unpaired) electrons. The van der Waals surface area contributed by atoms with Gasteiger partial charge in [-0.25, -0.2) is 0 Å². The lowest BCUT2D eigenvalue weighted by atomic mass is 10.2. The molecule has 0 unspecified atom stereocenters. The van der Waals surface area contributed by atoms with Crippen molar-refractivity contribution < 1.29 is 14.3 Å². The Balaban J connectivity index is 1.70. The van der Waals surface area contributed by atoms with Crippen LogP contribution in [0.3, 0.4) is 0 Å². The number of morpholine rings is 1. The van der Waals surface area contributed by atoms with Crippen molar-refractivity contribution in [2.75, 3.05) is 39.5 Å². The van der Waals surface area contributed by atoms with Crippen LogP contribution in [0.4, 0.5) is 0 Å². The molecule has 17 heavy (non-hydrogen) atoms. The van der Waals surface area contributed by atoms with Crippen LogP contribution in [0.2, 0.25) is 0 Å². The van der Waals surface area contributed by atoms with Crippen molar-refractivity contribution in [3.63, 3.8) is 0 Å². The van der Waals surface area contributed by atoms with Crippen molar-refractivity contribution in [2.45, 2.75) is 31.9 Å². The maximum atomic E-state index is 12.1. The van der Waals surface area contributed by atoms with E-state index in [9.17, 15) is 4.79 Å². The highest BCUT2D eigenvalue weighted by atomic mass is 16.5. The van der Waals surface area contributed by atoms with Gasteiger partial charge in [-0.1, -0.05) is 0 Å². The van der Waals surface area contributed by atoms with Gasteiger partial charge >= 0.3 is 0 Å². The van der Waals surface area contributed by atoms with Gasteiger partial charge in [0.15, 0.2) is 0 Å². The molecular weight excluding hydrogens is 220 g/mol. The third-order valence-electron chi connectivity index (χ3n) is 3.37. The van der Waals surface area contributed by atoms with Gasteiger partial charge in [0, 0.05) is 26.2 Å². The summed E-state index contributed by atoms with van der Waals surface area (Å²) in [6.07, 6.45) is 2.53. The summed E-state index contributed by atoms with van der Waals surface area (Å²) < 4.78 is 10.8. The van der Waals surface area contributed by atoms with E-state index in [0.717, 1.165) is 26.0 Å². The van der Waals surface area contributed by atoms with Gasteiger partial charge in [0.1, 0.15) is 0 Å². The molecule has 2 aliphatic heterocycles. The molecule has 2 aliphatic rings. The van der Waals surface area contributed by atoms with Gasteiger partial charge in [-0.2, -0.15) is 0 Å². The number of nitrogens with zero attached hydrogens (tertiary/aromatic N) is 1. The van der Waals surface area contributed by atoms with Gasteiger partial charge in [0.05, 0.1) is 25.4 Å². The second kappa shape index (κ2) is 6.33. The Hall–Kier alpha value is -0.650. The summed E-state index contributed by atoms with van der Waals surface area (Å²) in [5.74, 6) is 0.172. The molecule has 2 heterocycles. The number of amides is 1. The average Bonchev–Trinajstić information content (AvgIpc) is 2.89. The van der Waals surface area contributed by atoms with E-state index in [1.54, 1.807) is 0 Å². The predicted molar refractivity (Wildman–Crippen MR) is 63.8 cm³/mol. The Morgan fingerprint density at radius 2 is 2.18 bits per heavy atom. The average molecular weight is 242 g/mol. The molecule has 0 aromatic heterocycles. The maximum Gasteiger partial charge on any atom is 0.239 e. The van der Waals surface area contributed by atoms with Crippen LogP contribution >= 0.6 is 0 Å². The van der Waals surface area contributed by atoms with E-state index in [0.29, 0.717) is 26.3 Å². The highest BCUT2D eigenvalue weighted by molar-refractivity contribution is 5.81. The number of hydrogen-bond donors (Lipinski definition) is 1. The van der Waals surface area contributed by atoms with Gasteiger partial charge in [0.2, 0.25) is 5.91 Å². The normalized spacial score (nSPS) is 27.1. The molecule has 1 N–H and O–H groups in total. The fraction of sp³-hybridized carbons (Fsp3) is 0.917. The van der Waals surface area contributed by atoms with Crippen molar-refractivity contribution >= 4 is 5.91 Å². The van der Waals surface area contributed by atoms with E-state index in [2.05, 4.69) is 5.32 Å². The summed E-state index contributed by atoms with van der Waals surface area (Å²) in [6, 6.07) is -0.128. The van der Waals surface area contributed by atoms with Crippen molar-refractivity contribution in [1.29, 1.82) is 0 Å². The molecule has 0 bridgehead atoms. The third kappa shape index (κ3) is 3.66. The third-order valence-corrected chi connectivity index (χ3v) is 3.37. The number of hydrogen-bond acceptors (Lipinski definition) is 4. The second-order valence-corrected chi connectivity index (χ2v) is 4.70. The first-order chi connectivity index (χ1) is 8.27. The van der Waals surface area contributed by atoms with Crippen LogP contribution in [0.25, 0.3) is 0 Å². The molecule has 0 saturated carbocycles. The molecule has 0 spiro atoms. The Morgan fingerprint density at radius 3 is 2.82 bits per heavy atom. The van der Waals surface area contributed by atoms with Gasteiger partial charge in [-0.15, -0.1) is 0 Å². The summed E-state index contributed by atoms with van der Waals surface area (Å²) in [4.78, 5) is 13.9. The van der Waals surface area contributed by atoms with Gasteiger partial charge in [-0.3, -0.25) is 4.79 Å². The lowest BCUT2D eigenvalue weighted by Crippen LogP contribution is -2.50. The monoisotopic (exact) mass is 242 g/mol. The smallest absolute Gasteiger partial charge is 0.239 e. The van der Waals surface area contributed by atoms with E-state index < -0.39 is 0 Å². The van der Waals surface area contributed by atoms with E-state index in [1.807, 2.05) is 11.8 Å². The van der Waals surface area contributed by atoms with Crippen molar-refractivity contribution in [1.82, 2.24) is 10.2 Å². The van der Waals surface area contributed by atoms with Crippen molar-refractivity contribution in [3.8, 4) is 0 Å². The number of ether oxygens (including phenoxy) is 2. The summed E-state index contributed by atoms with van der Waals surface area (Å²) in [5, 5.41) is 3.26. The molecule has 0 aliphatic carbocycles. The van der Waals surface area contributed by atoms with Crippen LogP contribution in [-0.4, -0.2) is 62.4 Å². The first-order valence-electron chi connectivity index (χ1n) is 6.49. The Kier molecular flexibility index (Phi) is 4.76. The molecule has 5 nitrogen and oxygen atoms in total. The van der Waals surface area contributed by atoms with Gasteiger partial charge in [-0.05, 0) is 19.8 Å². The fourth-order valence-corrected chi connectivity index (χ4v) is 2.26. The van der Waals surface area contributed by atoms with Crippen LogP contribution in [-0.2, 0) is 14.3 Å². The van der Waals surface area contributed by atoms with Gasteiger partial charge < -0.3 is 19.7 Å². The number of rotatable bonds is 4. The number of carbonyl (C=O) groups is 1. The SMILES string of the molecule is C[C@@H](NC[C@@H]1CCCO1)C(=O)N1CCOCC1. The standard InChI is InChI=1S/C12H22N2O3/c1-10(13-9-11-3-2-6-17-11)12(15)14-4-7-16-8-5-14/h10-11,13H,2-9H2,1H3/t10-,11+/m1/s1. The zero-order valence-electron chi connectivity index (χ0n) is 10.5. The van der Waals surface area contributed by atoms with E-state index in [-0.39, 0.29) is 18.1 Å². The van der Waals surface area contributed by atoms with Crippen LogP contribution < -0.4 is 5.32 Å². The Labute approximate surface area is 102 Å². The first-order valence-corrected chi connectivity index (χ1v) is 6.49. The number of carbonyl (C=O) groups excluding carboxylic acids is 1. The summed E-state index contributed by atoms with van der Waals surface area (Å²) in [5.41, 5.74) is 0. The minimum atomic E-state index is -0.128. The largest absolute Gasteiger partial charge is 0.378 e. The highest BCUT2D eigenvalue weighted by Crippen LogP contribution is 2.11. The Bertz CT molecular complexity index is 248. The molecular formula is C12H22N2O3. The van der Waals surface area contributed by atoms with Crippen molar-refractivity contribution in [2.24, 2.45) is 0 Å². The molecule has 2 saturated heterocycles. The highest BCUT2D eigenvalue weighted by Gasteiger charge is 2.23. The molecule has 0 aromatic carbocycles. The lowest BCUT2D eigenvalue weighted by Gasteiger charge is -2.29. The van der Waals surface area contributed by atoms with E-state index in [1.165, 1.54) is 0 Å². The molecule has 2 fully saturated rings. The molecule has 98 valence electrons. The Morgan fingerprint density at radius 1 is 1.41 bits per heavy atom. The van der Waals surface area contributed by atoms with E-state index in [4.69, 9.17) is 9.47 Å². The van der Waals surface area contributed by atoms with Crippen LogP contribution in [0.5, 0.6) is 0 Å². The zero-order chi connectivity index (χ0) is 12.1. The summed E-state index contributed by atoms with van der Waals surface area (Å²) in [6.45, 7) is 6.30. The summed E-state index contributed by atoms with van der Waals surface area (Å²) >= 11 is 0. The molecule has 5 heteroatoms. The second-order valence-electron chi connectivity index (χ2n) is 4.70. The molecule has 0 aromatic rings. The minimum Gasteiger partial charge on any atom is -0.378 e. The quantitative estimate of drug-likeness (QED) is 0.754. The predicted octanol–water partition coefficient (Wildman–Crippen LogP) is 0.00230. The molecule has 2 atom stereocenters. The molecule has 1 amide bonds. The minimum absolute atomic E-state index is 0.128. The summed E-state index contributed by atoms with van der Waals surface area (Å²) in [7, 11) is 0. The van der Waals surface area contributed by atoms with Crippen molar-refractivity contribution in [3.05, 3.63) is 0 Å². The van der Waals surface area contributed by atoms with Crippen LogP contribution in [0.1, 0.15) is 19.8 Å². The number of nitrogens with one attached hydrogen (secondary N) is 1. The zero-order valence-corrected chi connectivity index (χ0v) is 10.5. The molecule has 2 rings (SSSR count). The van der Waals surface area contributed by atoms with Gasteiger partial charge in [0.25, 0.3) is 0 Å². The topological polar surface area (TPSA) is 50.8 Å². The fourth-order valence-electron chi connectivity index (χ4n) is 2.26. The maximum absolute atomic E-state index is 12.1. The van der Waals surface area contributed by atoms with Crippen LogP contribution in [0, 0.1) is 0 Å². The van der Waals surface area contributed by atoms with E-state index >= 15 is 0 Å². The first kappa shape index (κ1) is 12.8. The van der Waals surface area contributed by atoms with Crippen LogP contribution in [0.15, 0.2) is 0 Å². The lowest BCUT2D eigenvalue weighted by molar-refractivity contribution is -0.137.